The first-order valence-electron chi connectivity index (χ1n) is 8.67. The Bertz CT molecular complexity index is 774. The van der Waals surface area contributed by atoms with Crippen molar-refractivity contribution in [2.75, 3.05) is 0 Å². The van der Waals surface area contributed by atoms with Crippen molar-refractivity contribution in [1.82, 2.24) is 0 Å². The van der Waals surface area contributed by atoms with Gasteiger partial charge in [0.05, 0.1) is 0 Å². The molecule has 0 bridgehead atoms. The molecule has 1 unspecified atom stereocenters. The number of hydrogen-bond acceptors (Lipinski definition) is 0. The van der Waals surface area contributed by atoms with E-state index in [2.05, 4.69) is 78.9 Å². The summed E-state index contributed by atoms with van der Waals surface area (Å²) in [6.07, 6.45) is 3.89. The fourth-order valence-corrected chi connectivity index (χ4v) is 8.56. The van der Waals surface area contributed by atoms with Crippen molar-refractivity contribution in [2.45, 2.75) is 24.9 Å². The minimum absolute atomic E-state index is 0.352. The second kappa shape index (κ2) is 7.25. The monoisotopic (exact) mass is 391 g/mol. The number of aryl methyl sites for hydroxylation is 1. The predicted octanol–water partition coefficient (Wildman–Crippen LogP) is 3.46. The molecule has 1 radical (unpaired) electrons. The first-order chi connectivity index (χ1) is 11.8. The first-order valence-corrected chi connectivity index (χ1v) is 11.6. The summed E-state index contributed by atoms with van der Waals surface area (Å²) in [4.78, 5) is 0. The summed E-state index contributed by atoms with van der Waals surface area (Å²) in [5, 5.41) is 3.03. The maximum absolute atomic E-state index is 2.37. The van der Waals surface area contributed by atoms with Gasteiger partial charge in [-0.25, -0.2) is 0 Å². The Kier molecular flexibility index (Phi) is 4.87. The van der Waals surface area contributed by atoms with Crippen LogP contribution in [0.1, 0.15) is 29.6 Å². The Hall–Kier alpha value is -1.37. The summed E-state index contributed by atoms with van der Waals surface area (Å²) >= 11 is 1.26. The molecule has 0 heterocycles. The second-order valence-corrected chi connectivity index (χ2v) is 10.4. The van der Waals surface area contributed by atoms with E-state index in [1.165, 1.54) is 46.4 Å². The van der Waals surface area contributed by atoms with Crippen LogP contribution >= 0.6 is 7.92 Å². The van der Waals surface area contributed by atoms with E-state index >= 15 is 0 Å². The van der Waals surface area contributed by atoms with E-state index < -0.39 is 0 Å². The molecule has 0 aliphatic heterocycles. The van der Waals surface area contributed by atoms with Gasteiger partial charge in [-0.2, -0.15) is 0 Å². The van der Waals surface area contributed by atoms with Crippen molar-refractivity contribution < 1.29 is 0 Å². The van der Waals surface area contributed by atoms with E-state index in [-0.39, 0.29) is 7.92 Å². The van der Waals surface area contributed by atoms with Crippen LogP contribution in [0.3, 0.4) is 0 Å². The van der Waals surface area contributed by atoms with Gasteiger partial charge >= 0.3 is 154 Å². The molecule has 1 aliphatic carbocycles. The maximum atomic E-state index is 2.37. The minimum atomic E-state index is -0.352. The van der Waals surface area contributed by atoms with Crippen molar-refractivity contribution in [3.05, 3.63) is 90.0 Å². The second-order valence-electron chi connectivity index (χ2n) is 6.44. The van der Waals surface area contributed by atoms with Crippen LogP contribution in [-0.2, 0) is 6.42 Å². The molecule has 2 heteroatoms. The van der Waals surface area contributed by atoms with E-state index in [4.69, 9.17) is 0 Å². The summed E-state index contributed by atoms with van der Waals surface area (Å²) in [5.74, 6) is 0. The molecule has 0 N–H and O–H groups in total. The van der Waals surface area contributed by atoms with Crippen molar-refractivity contribution in [2.24, 2.45) is 0 Å². The zero-order valence-electron chi connectivity index (χ0n) is 13.9. The molecule has 0 spiro atoms. The van der Waals surface area contributed by atoms with Crippen LogP contribution in [0.25, 0.3) is 0 Å². The van der Waals surface area contributed by atoms with Gasteiger partial charge in [-0.3, -0.25) is 0 Å². The molecule has 0 fully saturated rings. The van der Waals surface area contributed by atoms with Crippen molar-refractivity contribution in [3.63, 3.8) is 0 Å². The Morgan fingerprint density at radius 3 is 2.00 bits per heavy atom. The van der Waals surface area contributed by atoms with Gasteiger partial charge in [0.25, 0.3) is 0 Å². The topological polar surface area (TPSA) is 0 Å². The molecule has 1 aliphatic rings. The third-order valence-electron chi connectivity index (χ3n) is 4.92. The molecule has 0 aromatic heterocycles. The van der Waals surface area contributed by atoms with Crippen LogP contribution < -0.4 is 15.0 Å². The van der Waals surface area contributed by atoms with E-state index in [9.17, 15) is 0 Å². The Balaban J connectivity index is 1.87. The summed E-state index contributed by atoms with van der Waals surface area (Å²) < 4.78 is 1.59. The summed E-state index contributed by atoms with van der Waals surface area (Å²) in [7, 11) is -0.352. The molecule has 3 aromatic carbocycles. The van der Waals surface area contributed by atoms with Crippen molar-refractivity contribution in [1.29, 1.82) is 0 Å². The average molecular weight is 390 g/mol. The molecule has 3 aromatic rings. The van der Waals surface area contributed by atoms with Crippen molar-refractivity contribution >= 4 is 39.4 Å². The van der Waals surface area contributed by atoms with E-state index in [1.807, 2.05) is 0 Å². The Morgan fingerprint density at radius 1 is 0.750 bits per heavy atom. The molecule has 0 saturated carbocycles. The molecule has 0 amide bonds. The van der Waals surface area contributed by atoms with Crippen LogP contribution in [-0.4, -0.2) is 16.5 Å². The van der Waals surface area contributed by atoms with E-state index in [0.29, 0.717) is 5.66 Å². The van der Waals surface area contributed by atoms with Gasteiger partial charge in [0.15, 0.2) is 0 Å². The number of fused-ring (bicyclic) bond motifs is 1. The first kappa shape index (κ1) is 16.1. The standard InChI is InChI=1S/C22H22GeP/c23-20-15-7-9-17-10-8-16-21(22(17)20)24(18-11-3-1-4-12-18)19-13-5-2-6-14-19/h1-7,9,11-15,21H,8,10,16,23H2. The normalized spacial score (nSPS) is 16.8. The van der Waals surface area contributed by atoms with Crippen LogP contribution in [0.2, 0.25) is 0 Å². The summed E-state index contributed by atoms with van der Waals surface area (Å²) in [6, 6.07) is 29.4. The zero-order chi connectivity index (χ0) is 16.4. The third-order valence-corrected chi connectivity index (χ3v) is 9.07. The van der Waals surface area contributed by atoms with Gasteiger partial charge in [0, 0.05) is 0 Å². The van der Waals surface area contributed by atoms with Crippen LogP contribution in [0, 0.1) is 0 Å². The van der Waals surface area contributed by atoms with Crippen molar-refractivity contribution in [3.8, 4) is 0 Å². The van der Waals surface area contributed by atoms with Gasteiger partial charge in [0.2, 0.25) is 0 Å². The fourth-order valence-electron chi connectivity index (χ4n) is 3.89. The van der Waals surface area contributed by atoms with Crippen LogP contribution in [0.15, 0.2) is 78.9 Å². The van der Waals surface area contributed by atoms with E-state index in [1.54, 1.807) is 15.5 Å². The molecular weight excluding hydrogens is 368 g/mol. The van der Waals surface area contributed by atoms with E-state index in [0.717, 1.165) is 0 Å². The van der Waals surface area contributed by atoms with Gasteiger partial charge in [-0.05, 0) is 0 Å². The van der Waals surface area contributed by atoms with Gasteiger partial charge < -0.3 is 0 Å². The Labute approximate surface area is 154 Å². The van der Waals surface area contributed by atoms with Crippen LogP contribution in [0.4, 0.5) is 0 Å². The summed E-state index contributed by atoms with van der Waals surface area (Å²) in [5.41, 5.74) is 3.95. The molecule has 24 heavy (non-hydrogen) atoms. The van der Waals surface area contributed by atoms with Crippen LogP contribution in [0.5, 0.6) is 0 Å². The molecule has 0 nitrogen and oxygen atoms in total. The van der Waals surface area contributed by atoms with Gasteiger partial charge in [-0.15, -0.1) is 0 Å². The number of rotatable bonds is 3. The Morgan fingerprint density at radius 2 is 1.38 bits per heavy atom. The number of hydrogen-bond donors (Lipinski definition) is 0. The number of benzene rings is 3. The van der Waals surface area contributed by atoms with Gasteiger partial charge in [0.1, 0.15) is 0 Å². The van der Waals surface area contributed by atoms with Gasteiger partial charge in [-0.1, -0.05) is 0 Å². The molecule has 119 valence electrons. The SMILES string of the molecule is [GeH2][c]1cccc2c1C(P(c1ccccc1)c1ccccc1)CCC2. The summed E-state index contributed by atoms with van der Waals surface area (Å²) in [6.45, 7) is 0. The molecule has 1 atom stereocenters. The molecule has 0 saturated heterocycles. The quantitative estimate of drug-likeness (QED) is 0.475. The third kappa shape index (κ3) is 3.10. The predicted molar refractivity (Wildman–Crippen MR) is 109 cm³/mol. The zero-order valence-corrected chi connectivity index (χ0v) is 17.7. The molecular formula is C22H22GeP. The fraction of sp³-hybridized carbons (Fsp3) is 0.182. The average Bonchev–Trinajstić information content (AvgIpc) is 2.64. The molecule has 4 rings (SSSR count).